The molecule has 0 bridgehead atoms. The molecule has 2 aliphatic rings. The van der Waals surface area contributed by atoms with Crippen LogP contribution in [-0.2, 0) is 23.7 Å². The molecule has 0 radical (unpaired) electrons. The summed E-state index contributed by atoms with van der Waals surface area (Å²) >= 11 is 0. The zero-order chi connectivity index (χ0) is 15.0. The van der Waals surface area contributed by atoms with Crippen molar-refractivity contribution in [3.05, 3.63) is 41.7 Å². The van der Waals surface area contributed by atoms with Gasteiger partial charge in [-0.1, -0.05) is 30.3 Å². The fourth-order valence-electron chi connectivity index (χ4n) is 2.66. The molecule has 3 rings (SSSR count). The normalized spacial score (nSPS) is 27.9. The molecule has 0 amide bonds. The third kappa shape index (κ3) is 2.54. The van der Waals surface area contributed by atoms with E-state index in [1.54, 1.807) is 0 Å². The van der Waals surface area contributed by atoms with Gasteiger partial charge in [0.05, 0.1) is 13.7 Å². The number of methoxy groups -OCH3 is 1. The van der Waals surface area contributed by atoms with Gasteiger partial charge in [0.25, 0.3) is 0 Å². The van der Waals surface area contributed by atoms with Crippen LogP contribution in [-0.4, -0.2) is 37.7 Å². The quantitative estimate of drug-likeness (QED) is 0.798. The Labute approximate surface area is 123 Å². The first kappa shape index (κ1) is 14.1. The van der Waals surface area contributed by atoms with Gasteiger partial charge in [-0.25, -0.2) is 4.79 Å². The zero-order valence-corrected chi connectivity index (χ0v) is 12.3. The molecule has 1 aromatic rings. The molecule has 2 aliphatic heterocycles. The molecule has 1 aromatic carbocycles. The van der Waals surface area contributed by atoms with Crippen molar-refractivity contribution in [1.29, 1.82) is 0 Å². The SMILES string of the molecule is COC1=C(c2ccccc2)C(=O)O[C@@H]1[C@@H]1COC(C)(C)O1. The zero-order valence-electron chi connectivity index (χ0n) is 12.3. The number of hydrogen-bond acceptors (Lipinski definition) is 5. The largest absolute Gasteiger partial charge is 0.496 e. The maximum atomic E-state index is 12.2. The molecule has 0 aromatic heterocycles. The standard InChI is InChI=1S/C16H18O5/c1-16(2)19-9-11(21-16)13-14(18-3)12(15(17)20-13)10-7-5-4-6-8-10/h4-8,11,13H,9H2,1-3H3/t11-,13+/m0/s1. The molecule has 1 saturated heterocycles. The molecule has 0 aliphatic carbocycles. The average Bonchev–Trinajstić information content (AvgIpc) is 2.99. The predicted octanol–water partition coefficient (Wildman–Crippen LogP) is 2.12. The average molecular weight is 290 g/mol. The minimum atomic E-state index is -0.675. The van der Waals surface area contributed by atoms with Crippen molar-refractivity contribution in [2.24, 2.45) is 0 Å². The maximum absolute atomic E-state index is 12.2. The monoisotopic (exact) mass is 290 g/mol. The number of rotatable bonds is 3. The minimum Gasteiger partial charge on any atom is -0.496 e. The van der Waals surface area contributed by atoms with Gasteiger partial charge in [0.2, 0.25) is 0 Å². The van der Waals surface area contributed by atoms with Crippen LogP contribution in [0.3, 0.4) is 0 Å². The van der Waals surface area contributed by atoms with Crippen LogP contribution in [0.5, 0.6) is 0 Å². The van der Waals surface area contributed by atoms with E-state index >= 15 is 0 Å². The van der Waals surface area contributed by atoms with Crippen LogP contribution in [0.2, 0.25) is 0 Å². The number of esters is 1. The third-order valence-electron chi connectivity index (χ3n) is 3.59. The number of hydrogen-bond donors (Lipinski definition) is 0. The van der Waals surface area contributed by atoms with E-state index in [1.807, 2.05) is 44.2 Å². The number of ether oxygens (including phenoxy) is 4. The van der Waals surface area contributed by atoms with E-state index in [4.69, 9.17) is 18.9 Å². The lowest BCUT2D eigenvalue weighted by Crippen LogP contribution is -2.33. The molecule has 21 heavy (non-hydrogen) atoms. The van der Waals surface area contributed by atoms with Crippen molar-refractivity contribution in [3.63, 3.8) is 0 Å². The molecule has 112 valence electrons. The summed E-state index contributed by atoms with van der Waals surface area (Å²) in [7, 11) is 1.54. The summed E-state index contributed by atoms with van der Waals surface area (Å²) in [6, 6.07) is 9.34. The fourth-order valence-corrected chi connectivity index (χ4v) is 2.66. The van der Waals surface area contributed by atoms with Crippen molar-refractivity contribution in [3.8, 4) is 0 Å². The molecular formula is C16H18O5. The number of cyclic esters (lactones) is 1. The Kier molecular flexibility index (Phi) is 3.47. The summed E-state index contributed by atoms with van der Waals surface area (Å²) in [6.45, 7) is 4.02. The Hall–Kier alpha value is -1.85. The molecule has 5 nitrogen and oxygen atoms in total. The Morgan fingerprint density at radius 3 is 2.52 bits per heavy atom. The number of carbonyl (C=O) groups is 1. The van der Waals surface area contributed by atoms with Crippen LogP contribution in [0.25, 0.3) is 5.57 Å². The highest BCUT2D eigenvalue weighted by molar-refractivity contribution is 6.19. The van der Waals surface area contributed by atoms with Crippen LogP contribution in [0.4, 0.5) is 0 Å². The van der Waals surface area contributed by atoms with Gasteiger partial charge in [-0.2, -0.15) is 0 Å². The smallest absolute Gasteiger partial charge is 0.343 e. The number of benzene rings is 1. The molecule has 0 N–H and O–H groups in total. The summed E-state index contributed by atoms with van der Waals surface area (Å²) in [5.41, 5.74) is 1.23. The van der Waals surface area contributed by atoms with Crippen LogP contribution in [0.15, 0.2) is 36.1 Å². The van der Waals surface area contributed by atoms with E-state index in [0.717, 1.165) is 5.56 Å². The van der Waals surface area contributed by atoms with E-state index in [0.29, 0.717) is 17.9 Å². The van der Waals surface area contributed by atoms with Gasteiger partial charge < -0.3 is 18.9 Å². The molecule has 0 spiro atoms. The second-order valence-corrected chi connectivity index (χ2v) is 5.50. The van der Waals surface area contributed by atoms with E-state index in [2.05, 4.69) is 0 Å². The molecular weight excluding hydrogens is 272 g/mol. The topological polar surface area (TPSA) is 54.0 Å². The van der Waals surface area contributed by atoms with Crippen molar-refractivity contribution >= 4 is 11.5 Å². The highest BCUT2D eigenvalue weighted by Gasteiger charge is 2.46. The second kappa shape index (κ2) is 5.16. The maximum Gasteiger partial charge on any atom is 0.343 e. The van der Waals surface area contributed by atoms with E-state index in [-0.39, 0.29) is 6.10 Å². The van der Waals surface area contributed by atoms with Crippen molar-refractivity contribution < 1.29 is 23.7 Å². The Bertz CT molecular complexity index is 576. The summed E-state index contributed by atoms with van der Waals surface area (Å²) in [5, 5.41) is 0. The van der Waals surface area contributed by atoms with Crippen LogP contribution in [0, 0.1) is 0 Å². The molecule has 5 heteroatoms. The van der Waals surface area contributed by atoms with Gasteiger partial charge in [0.15, 0.2) is 17.7 Å². The van der Waals surface area contributed by atoms with Crippen LogP contribution < -0.4 is 0 Å². The lowest BCUT2D eigenvalue weighted by Gasteiger charge is -2.21. The minimum absolute atomic E-state index is 0.361. The lowest BCUT2D eigenvalue weighted by molar-refractivity contribution is -0.162. The predicted molar refractivity (Wildman–Crippen MR) is 75.2 cm³/mol. The van der Waals surface area contributed by atoms with Crippen molar-refractivity contribution in [1.82, 2.24) is 0 Å². The van der Waals surface area contributed by atoms with Gasteiger partial charge in [-0.05, 0) is 19.4 Å². The highest BCUT2D eigenvalue weighted by atomic mass is 16.8. The van der Waals surface area contributed by atoms with E-state index in [9.17, 15) is 4.79 Å². The van der Waals surface area contributed by atoms with Crippen molar-refractivity contribution in [2.75, 3.05) is 13.7 Å². The summed E-state index contributed by atoms with van der Waals surface area (Å²) in [5.74, 6) is -0.570. The Morgan fingerprint density at radius 1 is 1.24 bits per heavy atom. The first-order valence-electron chi connectivity index (χ1n) is 6.88. The molecule has 0 saturated carbocycles. The van der Waals surface area contributed by atoms with Gasteiger partial charge in [-0.15, -0.1) is 0 Å². The second-order valence-electron chi connectivity index (χ2n) is 5.50. The van der Waals surface area contributed by atoms with E-state index in [1.165, 1.54) is 7.11 Å². The molecule has 2 heterocycles. The number of carbonyl (C=O) groups excluding carboxylic acids is 1. The Balaban J connectivity index is 1.94. The first-order valence-corrected chi connectivity index (χ1v) is 6.88. The van der Waals surface area contributed by atoms with Gasteiger partial charge in [0, 0.05) is 0 Å². The molecule has 2 atom stereocenters. The van der Waals surface area contributed by atoms with E-state index < -0.39 is 17.9 Å². The lowest BCUT2D eigenvalue weighted by atomic mass is 10.0. The van der Waals surface area contributed by atoms with Gasteiger partial charge in [0.1, 0.15) is 11.7 Å². The summed E-state index contributed by atoms with van der Waals surface area (Å²) in [6.07, 6.45) is -0.931. The van der Waals surface area contributed by atoms with Crippen molar-refractivity contribution in [2.45, 2.75) is 31.8 Å². The highest BCUT2D eigenvalue weighted by Crippen LogP contribution is 2.36. The van der Waals surface area contributed by atoms with Crippen LogP contribution in [0.1, 0.15) is 19.4 Å². The molecule has 0 unspecified atom stereocenters. The summed E-state index contributed by atoms with van der Waals surface area (Å²) < 4.78 is 22.2. The summed E-state index contributed by atoms with van der Waals surface area (Å²) in [4.78, 5) is 12.2. The third-order valence-corrected chi connectivity index (χ3v) is 3.59. The van der Waals surface area contributed by atoms with Gasteiger partial charge >= 0.3 is 5.97 Å². The van der Waals surface area contributed by atoms with Gasteiger partial charge in [-0.3, -0.25) is 0 Å². The first-order chi connectivity index (χ1) is 10.0. The fraction of sp³-hybridized carbons (Fsp3) is 0.438. The van der Waals surface area contributed by atoms with Crippen LogP contribution >= 0.6 is 0 Å². The molecule has 1 fully saturated rings. The Morgan fingerprint density at radius 2 is 1.95 bits per heavy atom.